The maximum atomic E-state index is 12.5. The lowest BCUT2D eigenvalue weighted by Crippen LogP contribution is -2.29. The van der Waals surface area contributed by atoms with E-state index < -0.39 is 10.0 Å². The fourth-order valence-corrected chi connectivity index (χ4v) is 3.50. The summed E-state index contributed by atoms with van der Waals surface area (Å²) in [7, 11) is -1.74. The van der Waals surface area contributed by atoms with Gasteiger partial charge in [0.15, 0.2) is 0 Å². The molecule has 0 aromatic heterocycles. The topological polar surface area (TPSA) is 63.4 Å². The van der Waals surface area contributed by atoms with Crippen molar-refractivity contribution in [1.82, 2.24) is 4.31 Å². The van der Waals surface area contributed by atoms with Crippen LogP contribution >= 0.6 is 0 Å². The van der Waals surface area contributed by atoms with E-state index in [0.717, 1.165) is 12.0 Å². The van der Waals surface area contributed by atoms with Crippen LogP contribution < -0.4 is 5.73 Å². The molecule has 1 aliphatic carbocycles. The van der Waals surface area contributed by atoms with E-state index in [1.54, 1.807) is 25.2 Å². The van der Waals surface area contributed by atoms with Crippen LogP contribution in [0.5, 0.6) is 0 Å². The van der Waals surface area contributed by atoms with E-state index in [2.05, 4.69) is 6.92 Å². The highest BCUT2D eigenvalue weighted by molar-refractivity contribution is 7.89. The van der Waals surface area contributed by atoms with E-state index in [4.69, 9.17) is 5.73 Å². The van der Waals surface area contributed by atoms with Crippen LogP contribution in [0.1, 0.15) is 31.9 Å². The predicted molar refractivity (Wildman–Crippen MR) is 76.1 cm³/mol. The minimum atomic E-state index is -3.40. The van der Waals surface area contributed by atoms with Crippen molar-refractivity contribution >= 4 is 10.0 Å². The molecule has 0 radical (unpaired) electrons. The van der Waals surface area contributed by atoms with Gasteiger partial charge in [0.05, 0.1) is 4.90 Å². The summed E-state index contributed by atoms with van der Waals surface area (Å²) in [5.41, 5.74) is 6.64. The molecule has 3 atom stereocenters. The van der Waals surface area contributed by atoms with E-state index >= 15 is 0 Å². The third kappa shape index (κ3) is 3.16. The number of nitrogens with zero attached hydrogens (tertiary/aromatic N) is 1. The first-order chi connectivity index (χ1) is 8.82. The number of hydrogen-bond acceptors (Lipinski definition) is 3. The van der Waals surface area contributed by atoms with Crippen molar-refractivity contribution in [3.8, 4) is 0 Å². The van der Waals surface area contributed by atoms with Crippen molar-refractivity contribution in [3.05, 3.63) is 29.8 Å². The molecule has 19 heavy (non-hydrogen) atoms. The second-order valence-corrected chi connectivity index (χ2v) is 7.66. The molecular formula is C14H22N2O2S. The van der Waals surface area contributed by atoms with Gasteiger partial charge in [-0.3, -0.25) is 0 Å². The standard InChI is InChI=1S/C14H22N2O2S/c1-10-7-13(10)9-16(3)19(17,18)14-6-4-5-12(8-14)11(2)15/h4-6,8,10-11,13H,7,9,15H2,1-3H3. The Balaban J connectivity index is 2.20. The van der Waals surface area contributed by atoms with E-state index in [-0.39, 0.29) is 6.04 Å². The van der Waals surface area contributed by atoms with Crippen molar-refractivity contribution in [3.63, 3.8) is 0 Å². The summed E-state index contributed by atoms with van der Waals surface area (Å²) in [5, 5.41) is 0. The molecule has 1 saturated carbocycles. The Morgan fingerprint density at radius 1 is 1.47 bits per heavy atom. The Morgan fingerprint density at radius 3 is 2.63 bits per heavy atom. The van der Waals surface area contributed by atoms with Crippen molar-refractivity contribution < 1.29 is 8.42 Å². The Bertz CT molecular complexity index is 554. The molecule has 1 aliphatic rings. The zero-order valence-electron chi connectivity index (χ0n) is 11.7. The molecule has 2 N–H and O–H groups in total. The first kappa shape index (κ1) is 14.5. The van der Waals surface area contributed by atoms with Gasteiger partial charge in [0, 0.05) is 19.6 Å². The molecule has 0 heterocycles. The summed E-state index contributed by atoms with van der Waals surface area (Å²) >= 11 is 0. The summed E-state index contributed by atoms with van der Waals surface area (Å²) in [6.07, 6.45) is 1.12. The molecule has 0 bridgehead atoms. The highest BCUT2D eigenvalue weighted by Crippen LogP contribution is 2.38. The Morgan fingerprint density at radius 2 is 2.11 bits per heavy atom. The zero-order valence-corrected chi connectivity index (χ0v) is 12.5. The van der Waals surface area contributed by atoms with Crippen LogP contribution in [-0.4, -0.2) is 26.3 Å². The largest absolute Gasteiger partial charge is 0.324 e. The lowest BCUT2D eigenvalue weighted by atomic mass is 10.1. The molecule has 0 spiro atoms. The molecule has 3 unspecified atom stereocenters. The summed E-state index contributed by atoms with van der Waals surface area (Å²) in [4.78, 5) is 0.332. The van der Waals surface area contributed by atoms with Gasteiger partial charge in [-0.2, -0.15) is 0 Å². The quantitative estimate of drug-likeness (QED) is 0.898. The van der Waals surface area contributed by atoms with E-state index in [9.17, 15) is 8.42 Å². The van der Waals surface area contributed by atoms with E-state index in [0.29, 0.717) is 23.3 Å². The van der Waals surface area contributed by atoms with Gasteiger partial charge in [0.25, 0.3) is 0 Å². The minimum Gasteiger partial charge on any atom is -0.324 e. The maximum absolute atomic E-state index is 12.5. The first-order valence-corrected chi connectivity index (χ1v) is 8.08. The lowest BCUT2D eigenvalue weighted by molar-refractivity contribution is 0.444. The van der Waals surface area contributed by atoms with Crippen molar-refractivity contribution in [1.29, 1.82) is 0 Å². The van der Waals surface area contributed by atoms with Crippen molar-refractivity contribution in [2.24, 2.45) is 17.6 Å². The molecule has 4 nitrogen and oxygen atoms in total. The molecular weight excluding hydrogens is 260 g/mol. The normalized spacial score (nSPS) is 24.5. The van der Waals surface area contributed by atoms with Gasteiger partial charge in [-0.1, -0.05) is 19.1 Å². The van der Waals surface area contributed by atoms with Gasteiger partial charge >= 0.3 is 0 Å². The second kappa shape index (κ2) is 5.23. The predicted octanol–water partition coefficient (Wildman–Crippen LogP) is 1.98. The van der Waals surface area contributed by atoms with Gasteiger partial charge in [-0.15, -0.1) is 0 Å². The third-order valence-electron chi connectivity index (χ3n) is 3.86. The highest BCUT2D eigenvalue weighted by atomic mass is 32.2. The number of hydrogen-bond donors (Lipinski definition) is 1. The van der Waals surface area contributed by atoms with Crippen LogP contribution in [0.3, 0.4) is 0 Å². The minimum absolute atomic E-state index is 0.163. The average molecular weight is 282 g/mol. The molecule has 0 amide bonds. The first-order valence-electron chi connectivity index (χ1n) is 6.64. The monoisotopic (exact) mass is 282 g/mol. The van der Waals surface area contributed by atoms with E-state index in [1.807, 2.05) is 13.0 Å². The smallest absolute Gasteiger partial charge is 0.242 e. The summed E-state index contributed by atoms with van der Waals surface area (Å²) in [6.45, 7) is 4.61. The Labute approximate surface area is 115 Å². The summed E-state index contributed by atoms with van der Waals surface area (Å²) in [5.74, 6) is 1.16. The molecule has 1 aromatic carbocycles. The van der Waals surface area contributed by atoms with Crippen molar-refractivity contribution in [2.75, 3.05) is 13.6 Å². The summed E-state index contributed by atoms with van der Waals surface area (Å²) in [6, 6.07) is 6.75. The highest BCUT2D eigenvalue weighted by Gasteiger charge is 2.36. The fraction of sp³-hybridized carbons (Fsp3) is 0.571. The van der Waals surface area contributed by atoms with Crippen LogP contribution in [0.4, 0.5) is 0 Å². The van der Waals surface area contributed by atoms with Crippen LogP contribution in [-0.2, 0) is 10.0 Å². The number of sulfonamides is 1. The summed E-state index contributed by atoms with van der Waals surface area (Å²) < 4.78 is 26.4. The Hall–Kier alpha value is -0.910. The maximum Gasteiger partial charge on any atom is 0.242 e. The molecule has 0 saturated heterocycles. The van der Waals surface area contributed by atoms with Gasteiger partial charge in [0.1, 0.15) is 0 Å². The third-order valence-corrected chi connectivity index (χ3v) is 5.68. The number of benzene rings is 1. The zero-order chi connectivity index (χ0) is 14.2. The second-order valence-electron chi connectivity index (χ2n) is 5.62. The molecule has 2 rings (SSSR count). The van der Waals surface area contributed by atoms with Crippen molar-refractivity contribution in [2.45, 2.75) is 31.2 Å². The van der Waals surface area contributed by atoms with Gasteiger partial charge in [0.2, 0.25) is 10.0 Å². The average Bonchev–Trinajstić information content (AvgIpc) is 3.05. The van der Waals surface area contributed by atoms with Crippen LogP contribution in [0.15, 0.2) is 29.2 Å². The van der Waals surface area contributed by atoms with E-state index in [1.165, 1.54) is 4.31 Å². The van der Waals surface area contributed by atoms with Crippen LogP contribution in [0.25, 0.3) is 0 Å². The fourth-order valence-electron chi connectivity index (χ4n) is 2.22. The van der Waals surface area contributed by atoms with Gasteiger partial charge < -0.3 is 5.73 Å². The number of nitrogens with two attached hydrogens (primary N) is 1. The van der Waals surface area contributed by atoms with Gasteiger partial charge in [-0.25, -0.2) is 12.7 Å². The number of rotatable bonds is 5. The molecule has 106 valence electrons. The SMILES string of the molecule is CC(N)c1cccc(S(=O)(=O)N(C)CC2CC2C)c1. The van der Waals surface area contributed by atoms with Crippen LogP contribution in [0, 0.1) is 11.8 Å². The molecule has 1 fully saturated rings. The van der Waals surface area contributed by atoms with Gasteiger partial charge in [-0.05, 0) is 42.9 Å². The lowest BCUT2D eigenvalue weighted by Gasteiger charge is -2.18. The van der Waals surface area contributed by atoms with Crippen LogP contribution in [0.2, 0.25) is 0 Å². The Kier molecular flexibility index (Phi) is 3.99. The molecule has 1 aromatic rings. The molecule has 5 heteroatoms. The molecule has 0 aliphatic heterocycles.